The summed E-state index contributed by atoms with van der Waals surface area (Å²) in [6.45, 7) is 14.7. The normalized spacial score (nSPS) is 21.5. The van der Waals surface area contributed by atoms with Gasteiger partial charge in [-0.3, -0.25) is 9.89 Å². The number of guanidine groups is 1. The number of piperazine rings is 1. The summed E-state index contributed by atoms with van der Waals surface area (Å²) in [5.74, 6) is 1.63. The minimum absolute atomic E-state index is 0.447. The highest BCUT2D eigenvalue weighted by Gasteiger charge is 2.26. The summed E-state index contributed by atoms with van der Waals surface area (Å²) in [5.41, 5.74) is 1.33. The van der Waals surface area contributed by atoms with Crippen molar-refractivity contribution in [2.45, 2.75) is 26.3 Å². The predicted molar refractivity (Wildman–Crippen MR) is 128 cm³/mol. The van der Waals surface area contributed by atoms with E-state index in [-0.39, 0.29) is 0 Å². The third-order valence-corrected chi connectivity index (χ3v) is 6.27. The zero-order valence-corrected chi connectivity index (χ0v) is 19.6. The molecular formula is C24H41N5O2. The van der Waals surface area contributed by atoms with Gasteiger partial charge in [0.2, 0.25) is 0 Å². The number of aliphatic imine (C=N–C) groups is 1. The molecule has 2 saturated heterocycles. The summed E-state index contributed by atoms with van der Waals surface area (Å²) >= 11 is 0. The second-order valence-corrected chi connectivity index (χ2v) is 8.57. The molecule has 3 rings (SSSR count). The third kappa shape index (κ3) is 7.37. The Hall–Kier alpha value is -1.83. The molecule has 174 valence electrons. The first-order chi connectivity index (χ1) is 15.2. The van der Waals surface area contributed by atoms with Crippen LogP contribution in [-0.4, -0.2) is 101 Å². The fourth-order valence-electron chi connectivity index (χ4n) is 4.37. The fraction of sp³-hybridized carbons (Fsp3) is 0.708. The van der Waals surface area contributed by atoms with Gasteiger partial charge in [0.25, 0.3) is 0 Å². The number of ether oxygens (including phenoxy) is 2. The molecule has 7 heteroatoms. The van der Waals surface area contributed by atoms with Crippen molar-refractivity contribution in [3.05, 3.63) is 30.3 Å². The molecule has 2 atom stereocenters. The van der Waals surface area contributed by atoms with Gasteiger partial charge in [0.05, 0.1) is 26.4 Å². The van der Waals surface area contributed by atoms with Crippen LogP contribution in [0.5, 0.6) is 0 Å². The van der Waals surface area contributed by atoms with Gasteiger partial charge in [-0.1, -0.05) is 18.2 Å². The van der Waals surface area contributed by atoms with Gasteiger partial charge < -0.3 is 24.6 Å². The van der Waals surface area contributed by atoms with E-state index in [1.54, 1.807) is 7.11 Å². The lowest BCUT2D eigenvalue weighted by atomic mass is 10.1. The number of methoxy groups -OCH3 is 1. The molecule has 2 aliphatic heterocycles. The van der Waals surface area contributed by atoms with Crippen molar-refractivity contribution in [1.82, 2.24) is 15.1 Å². The van der Waals surface area contributed by atoms with Crippen LogP contribution in [0.1, 0.15) is 20.3 Å². The van der Waals surface area contributed by atoms with Crippen molar-refractivity contribution in [1.29, 1.82) is 0 Å². The molecule has 0 aliphatic carbocycles. The molecule has 0 amide bonds. The smallest absolute Gasteiger partial charge is 0.193 e. The summed E-state index contributed by atoms with van der Waals surface area (Å²) in [4.78, 5) is 12.5. The Morgan fingerprint density at radius 1 is 1.13 bits per heavy atom. The Kier molecular flexibility index (Phi) is 9.90. The molecule has 0 radical (unpaired) electrons. The first kappa shape index (κ1) is 23.8. The third-order valence-electron chi connectivity index (χ3n) is 6.27. The number of likely N-dealkylation sites (tertiary alicyclic amines) is 1. The molecule has 7 nitrogen and oxygen atoms in total. The molecule has 0 aromatic heterocycles. The number of benzene rings is 1. The molecule has 1 aromatic rings. The van der Waals surface area contributed by atoms with Gasteiger partial charge in [0.1, 0.15) is 0 Å². The molecule has 2 fully saturated rings. The summed E-state index contributed by atoms with van der Waals surface area (Å²) in [7, 11) is 1.71. The number of para-hydroxylation sites is 1. The van der Waals surface area contributed by atoms with E-state index in [9.17, 15) is 0 Å². The van der Waals surface area contributed by atoms with Crippen LogP contribution in [0, 0.1) is 5.92 Å². The Bertz CT molecular complexity index is 649. The summed E-state index contributed by atoms with van der Waals surface area (Å²) < 4.78 is 10.8. The molecule has 0 bridgehead atoms. The number of nitrogens with one attached hydrogen (secondary N) is 1. The fourth-order valence-corrected chi connectivity index (χ4v) is 4.37. The van der Waals surface area contributed by atoms with Crippen LogP contribution in [0.15, 0.2) is 35.3 Å². The summed E-state index contributed by atoms with van der Waals surface area (Å²) in [5, 5.41) is 3.50. The van der Waals surface area contributed by atoms with E-state index >= 15 is 0 Å². The van der Waals surface area contributed by atoms with Gasteiger partial charge in [0, 0.05) is 70.6 Å². The van der Waals surface area contributed by atoms with E-state index in [4.69, 9.17) is 14.5 Å². The zero-order valence-electron chi connectivity index (χ0n) is 19.6. The highest BCUT2D eigenvalue weighted by molar-refractivity contribution is 5.80. The Morgan fingerprint density at radius 3 is 2.61 bits per heavy atom. The maximum atomic E-state index is 5.74. The lowest BCUT2D eigenvalue weighted by Crippen LogP contribution is -2.50. The number of rotatable bonds is 10. The van der Waals surface area contributed by atoms with Crippen LogP contribution >= 0.6 is 0 Å². The molecule has 1 aromatic carbocycles. The van der Waals surface area contributed by atoms with E-state index in [1.807, 2.05) is 0 Å². The van der Waals surface area contributed by atoms with Crippen molar-refractivity contribution >= 4 is 11.6 Å². The molecule has 0 saturated carbocycles. The van der Waals surface area contributed by atoms with Gasteiger partial charge in [-0.05, 0) is 32.4 Å². The minimum atomic E-state index is 0.447. The molecule has 1 N–H and O–H groups in total. The first-order valence-corrected chi connectivity index (χ1v) is 11.8. The average molecular weight is 432 g/mol. The largest absolute Gasteiger partial charge is 0.382 e. The quantitative estimate of drug-likeness (QED) is 0.348. The van der Waals surface area contributed by atoms with Crippen LogP contribution < -0.4 is 10.2 Å². The second-order valence-electron chi connectivity index (χ2n) is 8.57. The first-order valence-electron chi connectivity index (χ1n) is 11.8. The highest BCUT2D eigenvalue weighted by Crippen LogP contribution is 2.18. The number of anilines is 1. The van der Waals surface area contributed by atoms with Crippen molar-refractivity contribution in [3.63, 3.8) is 0 Å². The Balaban J connectivity index is 1.44. The van der Waals surface area contributed by atoms with E-state index in [0.717, 1.165) is 71.3 Å². The van der Waals surface area contributed by atoms with E-state index < -0.39 is 0 Å². The van der Waals surface area contributed by atoms with Crippen molar-refractivity contribution in [2.75, 3.05) is 84.2 Å². The van der Waals surface area contributed by atoms with E-state index in [0.29, 0.717) is 25.2 Å². The van der Waals surface area contributed by atoms with Gasteiger partial charge >= 0.3 is 0 Å². The number of nitrogens with zero attached hydrogens (tertiary/aromatic N) is 4. The minimum Gasteiger partial charge on any atom is -0.382 e. The van der Waals surface area contributed by atoms with E-state index in [2.05, 4.69) is 64.2 Å². The van der Waals surface area contributed by atoms with Gasteiger partial charge in [-0.25, -0.2) is 0 Å². The van der Waals surface area contributed by atoms with Crippen LogP contribution in [0.2, 0.25) is 0 Å². The lowest BCUT2D eigenvalue weighted by Gasteiger charge is -2.38. The molecule has 31 heavy (non-hydrogen) atoms. The average Bonchev–Trinajstić information content (AvgIpc) is 3.29. The number of hydrogen-bond donors (Lipinski definition) is 1. The monoisotopic (exact) mass is 431 g/mol. The Morgan fingerprint density at radius 2 is 1.90 bits per heavy atom. The highest BCUT2D eigenvalue weighted by atomic mass is 16.5. The second kappa shape index (κ2) is 12.9. The molecule has 2 aliphatic rings. The molecule has 0 spiro atoms. The Labute approximate surface area is 188 Å². The lowest BCUT2D eigenvalue weighted by molar-refractivity contribution is 0.0536. The molecule has 2 heterocycles. The van der Waals surface area contributed by atoms with Crippen molar-refractivity contribution < 1.29 is 9.47 Å². The van der Waals surface area contributed by atoms with Gasteiger partial charge in [0.15, 0.2) is 5.96 Å². The molecular weight excluding hydrogens is 390 g/mol. The van der Waals surface area contributed by atoms with Gasteiger partial charge in [-0.2, -0.15) is 0 Å². The van der Waals surface area contributed by atoms with Crippen molar-refractivity contribution in [3.8, 4) is 0 Å². The van der Waals surface area contributed by atoms with Gasteiger partial charge in [-0.15, -0.1) is 0 Å². The summed E-state index contributed by atoms with van der Waals surface area (Å²) in [6, 6.07) is 11.2. The van der Waals surface area contributed by atoms with E-state index in [1.165, 1.54) is 5.69 Å². The molecule has 2 unspecified atom stereocenters. The number of hydrogen-bond acceptors (Lipinski definition) is 5. The predicted octanol–water partition coefficient (Wildman–Crippen LogP) is 2.15. The maximum absolute atomic E-state index is 5.74. The van der Waals surface area contributed by atoms with Crippen LogP contribution in [0.4, 0.5) is 5.69 Å². The topological polar surface area (TPSA) is 52.6 Å². The summed E-state index contributed by atoms with van der Waals surface area (Å²) in [6.07, 6.45) is 1.16. The van der Waals surface area contributed by atoms with Crippen LogP contribution in [-0.2, 0) is 9.47 Å². The standard InChI is InChI=1S/C24H41N5O2/c1-4-25-24(29-11-10-22(19-29)20-31-17-16-30-3)26-18-21(2)27-12-14-28(15-13-27)23-8-6-5-7-9-23/h5-9,21-22H,4,10-20H2,1-3H3,(H,25,26). The SMILES string of the molecule is CCNC(=NCC(C)N1CCN(c2ccccc2)CC1)N1CCC(COCCOC)C1. The van der Waals surface area contributed by atoms with Crippen LogP contribution in [0.25, 0.3) is 0 Å². The zero-order chi connectivity index (χ0) is 21.9. The van der Waals surface area contributed by atoms with Crippen LogP contribution in [0.3, 0.4) is 0 Å². The van der Waals surface area contributed by atoms with Crippen molar-refractivity contribution in [2.24, 2.45) is 10.9 Å². The maximum Gasteiger partial charge on any atom is 0.193 e.